The quantitative estimate of drug-likeness (QED) is 0.553. The van der Waals surface area contributed by atoms with Gasteiger partial charge in [-0.15, -0.1) is 5.10 Å². The average Bonchev–Trinajstić information content (AvgIpc) is 3.20. The number of nitrogens with one attached hydrogen (secondary N) is 1. The number of para-hydroxylation sites is 1. The van der Waals surface area contributed by atoms with E-state index in [-0.39, 0.29) is 35.9 Å². The highest BCUT2D eigenvalue weighted by Gasteiger charge is 2.39. The number of alkyl halides is 3. The third-order valence-electron chi connectivity index (χ3n) is 6.50. The van der Waals surface area contributed by atoms with Crippen molar-refractivity contribution in [1.29, 1.82) is 0 Å². The molecule has 0 spiro atoms. The molecule has 1 fully saturated rings. The number of nitrogens with zero attached hydrogens (tertiary/aromatic N) is 6. The van der Waals surface area contributed by atoms with Crippen LogP contribution in [-0.4, -0.2) is 41.4 Å². The summed E-state index contributed by atoms with van der Waals surface area (Å²) in [5.41, 5.74) is 0.421. The minimum absolute atomic E-state index is 0.00534. The van der Waals surface area contributed by atoms with E-state index in [9.17, 15) is 18.3 Å². The molecule has 182 valence electrons. The fraction of sp³-hybridized carbons (Fsp3) is 0.522. The van der Waals surface area contributed by atoms with Gasteiger partial charge in [-0.05, 0) is 66.0 Å². The van der Waals surface area contributed by atoms with E-state index in [0.29, 0.717) is 25.1 Å². The lowest BCUT2D eigenvalue weighted by atomic mass is 9.69. The monoisotopic (exact) mass is 475 g/mol. The van der Waals surface area contributed by atoms with Crippen LogP contribution in [0.3, 0.4) is 0 Å². The van der Waals surface area contributed by atoms with Crippen LogP contribution in [0, 0.1) is 18.3 Å². The molecule has 0 bridgehead atoms. The SMILES string of the molecule is Cc1nnnn1-c1ccccc1CNc1ncc(C(F)(F)F)c(C[C@@H]2CC[C@H](O)C(C)(C)C2)n1. The maximum absolute atomic E-state index is 13.7. The minimum atomic E-state index is -4.54. The van der Waals surface area contributed by atoms with Crippen molar-refractivity contribution in [3.8, 4) is 5.69 Å². The smallest absolute Gasteiger partial charge is 0.393 e. The standard InChI is InChI=1S/C23H28F3N7O/c1-14-30-31-32-33(14)19-7-5-4-6-16(19)12-27-21-28-13-17(23(24,25)26)18(29-21)10-15-8-9-20(34)22(2,3)11-15/h4-7,13,15,20,34H,8-12H2,1-3H3,(H,27,28,29)/t15-,20-/m0/s1. The zero-order valence-corrected chi connectivity index (χ0v) is 19.3. The number of aromatic nitrogens is 6. The van der Waals surface area contributed by atoms with Crippen LogP contribution < -0.4 is 5.32 Å². The van der Waals surface area contributed by atoms with Gasteiger partial charge >= 0.3 is 6.18 Å². The highest BCUT2D eigenvalue weighted by atomic mass is 19.4. The molecule has 1 aromatic carbocycles. The van der Waals surface area contributed by atoms with Gasteiger partial charge in [0.25, 0.3) is 0 Å². The van der Waals surface area contributed by atoms with Gasteiger partial charge in [0.05, 0.1) is 23.0 Å². The molecule has 1 aliphatic rings. The first-order valence-electron chi connectivity index (χ1n) is 11.2. The molecule has 1 aliphatic carbocycles. The molecule has 3 aromatic rings. The highest BCUT2D eigenvalue weighted by molar-refractivity contribution is 5.43. The predicted octanol–water partition coefficient (Wildman–Crippen LogP) is 4.12. The number of benzene rings is 1. The van der Waals surface area contributed by atoms with E-state index >= 15 is 0 Å². The van der Waals surface area contributed by atoms with Gasteiger partial charge in [-0.3, -0.25) is 0 Å². The summed E-state index contributed by atoms with van der Waals surface area (Å²) in [6.45, 7) is 5.96. The van der Waals surface area contributed by atoms with E-state index in [2.05, 4.69) is 30.8 Å². The van der Waals surface area contributed by atoms with E-state index in [4.69, 9.17) is 0 Å². The number of anilines is 1. The fourth-order valence-electron chi connectivity index (χ4n) is 4.60. The summed E-state index contributed by atoms with van der Waals surface area (Å²) < 4.78 is 42.6. The molecule has 2 N–H and O–H groups in total. The molecule has 0 saturated heterocycles. The number of aliphatic hydroxyl groups excluding tert-OH is 1. The van der Waals surface area contributed by atoms with Gasteiger partial charge in [0.1, 0.15) is 0 Å². The first-order valence-corrected chi connectivity index (χ1v) is 11.2. The molecule has 0 aliphatic heterocycles. The molecule has 2 atom stereocenters. The second kappa shape index (κ2) is 9.28. The molecule has 4 rings (SSSR count). The van der Waals surface area contributed by atoms with Crippen molar-refractivity contribution in [2.45, 2.75) is 65.3 Å². The molecular weight excluding hydrogens is 447 g/mol. The van der Waals surface area contributed by atoms with E-state index in [1.165, 1.54) is 0 Å². The summed E-state index contributed by atoms with van der Waals surface area (Å²) >= 11 is 0. The molecule has 0 radical (unpaired) electrons. The van der Waals surface area contributed by atoms with Crippen LogP contribution in [0.5, 0.6) is 0 Å². The van der Waals surface area contributed by atoms with Crippen molar-refractivity contribution in [1.82, 2.24) is 30.2 Å². The first kappa shape index (κ1) is 24.1. The van der Waals surface area contributed by atoms with E-state index in [1.807, 2.05) is 38.1 Å². The van der Waals surface area contributed by atoms with Gasteiger partial charge < -0.3 is 10.4 Å². The van der Waals surface area contributed by atoms with Gasteiger partial charge in [0, 0.05) is 12.7 Å². The topological polar surface area (TPSA) is 102 Å². The van der Waals surface area contributed by atoms with E-state index in [1.54, 1.807) is 11.6 Å². The van der Waals surface area contributed by atoms with Crippen molar-refractivity contribution in [3.63, 3.8) is 0 Å². The second-order valence-corrected chi connectivity index (χ2v) is 9.53. The maximum Gasteiger partial charge on any atom is 0.419 e. The van der Waals surface area contributed by atoms with Crippen LogP contribution in [-0.2, 0) is 19.1 Å². The molecule has 2 heterocycles. The Bertz CT molecular complexity index is 1150. The van der Waals surface area contributed by atoms with E-state index in [0.717, 1.165) is 17.4 Å². The summed E-state index contributed by atoms with van der Waals surface area (Å²) in [4.78, 5) is 8.21. The molecule has 11 heteroatoms. The maximum atomic E-state index is 13.7. The number of hydrogen-bond donors (Lipinski definition) is 2. The van der Waals surface area contributed by atoms with Crippen molar-refractivity contribution in [2.24, 2.45) is 11.3 Å². The Morgan fingerprint density at radius 3 is 2.65 bits per heavy atom. The summed E-state index contributed by atoms with van der Waals surface area (Å²) in [5.74, 6) is 0.744. The second-order valence-electron chi connectivity index (χ2n) is 9.53. The summed E-state index contributed by atoms with van der Waals surface area (Å²) in [6, 6.07) is 7.45. The van der Waals surface area contributed by atoms with Crippen molar-refractivity contribution in [2.75, 3.05) is 5.32 Å². The van der Waals surface area contributed by atoms with Gasteiger partial charge in [0.15, 0.2) is 5.82 Å². The number of tetrazole rings is 1. The van der Waals surface area contributed by atoms with Crippen LogP contribution in [0.1, 0.15) is 55.8 Å². The zero-order valence-electron chi connectivity index (χ0n) is 19.3. The Morgan fingerprint density at radius 1 is 1.21 bits per heavy atom. The molecule has 1 saturated carbocycles. The lowest BCUT2D eigenvalue weighted by Crippen LogP contribution is -2.37. The third-order valence-corrected chi connectivity index (χ3v) is 6.50. The minimum Gasteiger partial charge on any atom is -0.393 e. The largest absolute Gasteiger partial charge is 0.419 e. The van der Waals surface area contributed by atoms with Crippen molar-refractivity contribution in [3.05, 3.63) is 53.1 Å². The molecule has 0 unspecified atom stereocenters. The van der Waals surface area contributed by atoms with Crippen LogP contribution >= 0.6 is 0 Å². The normalized spacial score (nSPS) is 20.3. The summed E-state index contributed by atoms with van der Waals surface area (Å²) in [6.07, 6.45) is -2.08. The molecule has 34 heavy (non-hydrogen) atoms. The molecule has 8 nitrogen and oxygen atoms in total. The highest BCUT2D eigenvalue weighted by Crippen LogP contribution is 2.41. The van der Waals surface area contributed by atoms with Crippen LogP contribution in [0.4, 0.5) is 19.1 Å². The molecule has 2 aromatic heterocycles. The summed E-state index contributed by atoms with van der Waals surface area (Å²) in [5, 5.41) is 24.8. The van der Waals surface area contributed by atoms with Crippen molar-refractivity contribution >= 4 is 5.95 Å². The van der Waals surface area contributed by atoms with E-state index < -0.39 is 17.8 Å². The Kier molecular flexibility index (Phi) is 6.57. The lowest BCUT2D eigenvalue weighted by Gasteiger charge is -2.39. The van der Waals surface area contributed by atoms with Gasteiger partial charge in [0.2, 0.25) is 5.95 Å². The van der Waals surface area contributed by atoms with Crippen molar-refractivity contribution < 1.29 is 18.3 Å². The number of aryl methyl sites for hydroxylation is 1. The molecule has 0 amide bonds. The third kappa shape index (κ3) is 5.19. The Balaban J connectivity index is 1.56. The summed E-state index contributed by atoms with van der Waals surface area (Å²) in [7, 11) is 0. The Labute approximate surface area is 195 Å². The number of hydrogen-bond acceptors (Lipinski definition) is 7. The number of halogens is 3. The first-order chi connectivity index (χ1) is 16.0. The van der Waals surface area contributed by atoms with Crippen LogP contribution in [0.25, 0.3) is 5.69 Å². The fourth-order valence-corrected chi connectivity index (χ4v) is 4.60. The average molecular weight is 476 g/mol. The Hall–Kier alpha value is -3.08. The zero-order chi connectivity index (χ0) is 24.5. The van der Waals surface area contributed by atoms with Gasteiger partial charge in [-0.1, -0.05) is 32.0 Å². The van der Waals surface area contributed by atoms with Gasteiger partial charge in [-0.25, -0.2) is 9.97 Å². The van der Waals surface area contributed by atoms with Gasteiger partial charge in [-0.2, -0.15) is 17.9 Å². The van der Waals surface area contributed by atoms with Crippen LogP contribution in [0.15, 0.2) is 30.5 Å². The molecular formula is C23H28F3N7O. The number of aliphatic hydroxyl groups is 1. The van der Waals surface area contributed by atoms with Crippen LogP contribution in [0.2, 0.25) is 0 Å². The lowest BCUT2D eigenvalue weighted by molar-refractivity contribution is -0.138. The predicted molar refractivity (Wildman–Crippen MR) is 119 cm³/mol. The Morgan fingerprint density at radius 2 is 1.97 bits per heavy atom. The number of rotatable bonds is 6.